The van der Waals surface area contributed by atoms with Crippen LogP contribution in [0.4, 0.5) is 4.39 Å². The van der Waals surface area contributed by atoms with Crippen molar-refractivity contribution in [3.63, 3.8) is 0 Å². The Morgan fingerprint density at radius 2 is 2.00 bits per heavy atom. The summed E-state index contributed by atoms with van der Waals surface area (Å²) in [6.45, 7) is 2.95. The lowest BCUT2D eigenvalue weighted by Gasteiger charge is -2.21. The number of amides is 1. The lowest BCUT2D eigenvalue weighted by molar-refractivity contribution is -0.128. The first-order valence-corrected chi connectivity index (χ1v) is 9.14. The zero-order chi connectivity index (χ0) is 17.6. The Bertz CT molecular complexity index is 879. The number of para-hydroxylation sites is 1. The van der Waals surface area contributed by atoms with Crippen LogP contribution in [0.2, 0.25) is 0 Å². The highest BCUT2D eigenvalue weighted by molar-refractivity contribution is 8.00. The van der Waals surface area contributed by atoms with E-state index in [1.54, 1.807) is 17.2 Å². The lowest BCUT2D eigenvalue weighted by Crippen LogP contribution is -2.31. The number of halogens is 1. The van der Waals surface area contributed by atoms with Gasteiger partial charge in [-0.2, -0.15) is 0 Å². The van der Waals surface area contributed by atoms with Gasteiger partial charge in [-0.15, -0.1) is 11.8 Å². The van der Waals surface area contributed by atoms with E-state index >= 15 is 0 Å². The number of carbonyl (C=O) groups excluding carboxylic acids is 1. The molecule has 3 aromatic rings. The Balaban J connectivity index is 1.68. The summed E-state index contributed by atoms with van der Waals surface area (Å²) in [7, 11) is 0. The summed E-state index contributed by atoms with van der Waals surface area (Å²) in [4.78, 5) is 19.7. The third kappa shape index (κ3) is 4.37. The van der Waals surface area contributed by atoms with E-state index in [9.17, 15) is 9.18 Å². The maximum Gasteiger partial charge on any atom is 0.233 e. The fourth-order valence-corrected chi connectivity index (χ4v) is 3.61. The Morgan fingerprint density at radius 3 is 2.80 bits per heavy atom. The molecular formula is C20H19FN2OS. The molecule has 5 heteroatoms. The van der Waals surface area contributed by atoms with Crippen molar-refractivity contribution in [2.24, 2.45) is 0 Å². The minimum Gasteiger partial charge on any atom is -0.338 e. The van der Waals surface area contributed by atoms with Gasteiger partial charge in [-0.3, -0.25) is 9.78 Å². The van der Waals surface area contributed by atoms with Crippen LogP contribution in [-0.4, -0.2) is 28.1 Å². The van der Waals surface area contributed by atoms with Gasteiger partial charge in [0.2, 0.25) is 5.91 Å². The topological polar surface area (TPSA) is 33.2 Å². The predicted molar refractivity (Wildman–Crippen MR) is 100.0 cm³/mol. The number of hydrogen-bond donors (Lipinski definition) is 0. The monoisotopic (exact) mass is 354 g/mol. The number of carbonyl (C=O) groups is 1. The molecule has 0 unspecified atom stereocenters. The van der Waals surface area contributed by atoms with Crippen molar-refractivity contribution in [2.45, 2.75) is 18.4 Å². The molecule has 0 N–H and O–H groups in total. The van der Waals surface area contributed by atoms with Gasteiger partial charge in [0.25, 0.3) is 0 Å². The van der Waals surface area contributed by atoms with Gasteiger partial charge < -0.3 is 4.90 Å². The molecule has 0 aliphatic rings. The number of nitrogens with zero attached hydrogens (tertiary/aromatic N) is 2. The summed E-state index contributed by atoms with van der Waals surface area (Å²) < 4.78 is 13.3. The van der Waals surface area contributed by atoms with Crippen molar-refractivity contribution in [3.8, 4) is 0 Å². The van der Waals surface area contributed by atoms with Crippen LogP contribution in [0, 0.1) is 5.82 Å². The molecule has 0 saturated carbocycles. The maximum atomic E-state index is 13.3. The molecule has 0 fully saturated rings. The Hall–Kier alpha value is -2.40. The molecule has 1 amide bonds. The third-order valence-electron chi connectivity index (χ3n) is 3.96. The molecule has 0 atom stereocenters. The van der Waals surface area contributed by atoms with Crippen molar-refractivity contribution >= 4 is 28.6 Å². The number of pyridine rings is 1. The van der Waals surface area contributed by atoms with Crippen LogP contribution < -0.4 is 0 Å². The van der Waals surface area contributed by atoms with Crippen LogP contribution >= 0.6 is 11.8 Å². The first-order valence-electron chi connectivity index (χ1n) is 8.16. The average molecular weight is 354 g/mol. The summed E-state index contributed by atoms with van der Waals surface area (Å²) in [6.07, 6.45) is 1.76. The lowest BCUT2D eigenvalue weighted by atomic mass is 10.2. The number of fused-ring (bicyclic) bond motifs is 1. The molecule has 3 rings (SSSR count). The van der Waals surface area contributed by atoms with Crippen LogP contribution in [0.5, 0.6) is 0 Å². The number of hydrogen-bond acceptors (Lipinski definition) is 3. The quantitative estimate of drug-likeness (QED) is 0.611. The number of rotatable bonds is 6. The van der Waals surface area contributed by atoms with Gasteiger partial charge >= 0.3 is 0 Å². The third-order valence-corrected chi connectivity index (χ3v) is 5.02. The number of benzene rings is 2. The van der Waals surface area contributed by atoms with Gasteiger partial charge in [0.1, 0.15) is 5.82 Å². The highest BCUT2D eigenvalue weighted by Gasteiger charge is 2.14. The molecule has 25 heavy (non-hydrogen) atoms. The molecule has 0 aliphatic carbocycles. The van der Waals surface area contributed by atoms with E-state index < -0.39 is 0 Å². The normalized spacial score (nSPS) is 10.8. The second kappa shape index (κ2) is 8.12. The zero-order valence-electron chi connectivity index (χ0n) is 14.0. The number of aromatic nitrogens is 1. The predicted octanol–water partition coefficient (Wildman–Crippen LogP) is 4.51. The molecule has 0 aliphatic heterocycles. The fraction of sp³-hybridized carbons (Fsp3) is 0.200. The summed E-state index contributed by atoms with van der Waals surface area (Å²) in [5.41, 5.74) is 1.72. The summed E-state index contributed by atoms with van der Waals surface area (Å²) in [5, 5.41) is 1.05. The van der Waals surface area contributed by atoms with Crippen LogP contribution in [0.25, 0.3) is 10.9 Å². The standard InChI is InChI=1S/C20H19FN2OS/c1-2-23(13-15-6-5-7-16(21)12-15)20(24)14-25-19-10-11-22-18-9-4-3-8-17(18)19/h3-12H,2,13-14H2,1H3. The van der Waals surface area contributed by atoms with Gasteiger partial charge in [-0.1, -0.05) is 30.3 Å². The molecule has 1 heterocycles. The molecule has 2 aromatic carbocycles. The van der Waals surface area contributed by atoms with E-state index in [4.69, 9.17) is 0 Å². The van der Waals surface area contributed by atoms with Gasteiger partial charge in [0.05, 0.1) is 11.3 Å². The van der Waals surface area contributed by atoms with E-state index in [-0.39, 0.29) is 11.7 Å². The highest BCUT2D eigenvalue weighted by Crippen LogP contribution is 2.26. The van der Waals surface area contributed by atoms with Crippen molar-refractivity contribution < 1.29 is 9.18 Å². The van der Waals surface area contributed by atoms with Crippen molar-refractivity contribution in [1.82, 2.24) is 9.88 Å². The van der Waals surface area contributed by atoms with E-state index in [2.05, 4.69) is 4.98 Å². The first kappa shape index (κ1) is 17.4. The zero-order valence-corrected chi connectivity index (χ0v) is 14.8. The Labute approximate surface area is 150 Å². The average Bonchev–Trinajstić information content (AvgIpc) is 2.64. The minimum atomic E-state index is -0.279. The SMILES string of the molecule is CCN(Cc1cccc(F)c1)C(=O)CSc1ccnc2ccccc12. The molecule has 0 bridgehead atoms. The van der Waals surface area contributed by atoms with Gasteiger partial charge in [-0.05, 0) is 36.8 Å². The molecule has 3 nitrogen and oxygen atoms in total. The van der Waals surface area contributed by atoms with E-state index in [0.29, 0.717) is 18.8 Å². The summed E-state index contributed by atoms with van der Waals surface area (Å²) >= 11 is 1.51. The summed E-state index contributed by atoms with van der Waals surface area (Å²) in [6, 6.07) is 16.2. The Morgan fingerprint density at radius 1 is 1.16 bits per heavy atom. The van der Waals surface area contributed by atoms with Crippen molar-refractivity contribution in [1.29, 1.82) is 0 Å². The van der Waals surface area contributed by atoms with Crippen LogP contribution in [-0.2, 0) is 11.3 Å². The van der Waals surface area contributed by atoms with Crippen molar-refractivity contribution in [3.05, 3.63) is 72.2 Å². The van der Waals surface area contributed by atoms with Crippen LogP contribution in [0.3, 0.4) is 0 Å². The second-order valence-electron chi connectivity index (χ2n) is 5.65. The Kier molecular flexibility index (Phi) is 5.66. The van der Waals surface area contributed by atoms with Gasteiger partial charge in [-0.25, -0.2) is 4.39 Å². The largest absolute Gasteiger partial charge is 0.338 e. The van der Waals surface area contributed by atoms with Crippen molar-refractivity contribution in [2.75, 3.05) is 12.3 Å². The van der Waals surface area contributed by atoms with E-state index in [0.717, 1.165) is 21.4 Å². The van der Waals surface area contributed by atoms with Crippen LogP contribution in [0.15, 0.2) is 65.7 Å². The van der Waals surface area contributed by atoms with Gasteiger partial charge in [0, 0.05) is 29.6 Å². The molecule has 128 valence electrons. The second-order valence-corrected chi connectivity index (χ2v) is 6.67. The smallest absolute Gasteiger partial charge is 0.233 e. The number of thioether (sulfide) groups is 1. The first-order chi connectivity index (χ1) is 12.2. The summed E-state index contributed by atoms with van der Waals surface area (Å²) in [5.74, 6) is 0.105. The highest BCUT2D eigenvalue weighted by atomic mass is 32.2. The van der Waals surface area contributed by atoms with E-state index in [1.807, 2.05) is 43.3 Å². The molecular weight excluding hydrogens is 335 g/mol. The van der Waals surface area contributed by atoms with Crippen LogP contribution in [0.1, 0.15) is 12.5 Å². The molecule has 0 spiro atoms. The molecule has 1 aromatic heterocycles. The van der Waals surface area contributed by atoms with E-state index in [1.165, 1.54) is 23.9 Å². The maximum absolute atomic E-state index is 13.3. The minimum absolute atomic E-state index is 0.0395. The fourth-order valence-electron chi connectivity index (χ4n) is 2.66. The van der Waals surface area contributed by atoms with Gasteiger partial charge in [0.15, 0.2) is 0 Å². The molecule has 0 radical (unpaired) electrons. The molecule has 0 saturated heterocycles.